The van der Waals surface area contributed by atoms with Crippen molar-refractivity contribution in [2.75, 3.05) is 0 Å². The van der Waals surface area contributed by atoms with E-state index in [1.165, 1.54) is 11.6 Å². The van der Waals surface area contributed by atoms with Gasteiger partial charge in [-0.25, -0.2) is 4.39 Å². The first-order valence-electron chi connectivity index (χ1n) is 6.73. The quantitative estimate of drug-likeness (QED) is 0.663. The van der Waals surface area contributed by atoms with Gasteiger partial charge in [-0.1, -0.05) is 49.2 Å². The van der Waals surface area contributed by atoms with E-state index in [4.69, 9.17) is 11.6 Å². The van der Waals surface area contributed by atoms with Crippen molar-refractivity contribution < 1.29 is 4.39 Å². The number of rotatable bonds is 2. The molecule has 1 aliphatic carbocycles. The van der Waals surface area contributed by atoms with Crippen molar-refractivity contribution in [2.45, 2.75) is 33.6 Å². The van der Waals surface area contributed by atoms with Crippen LogP contribution in [0.2, 0.25) is 0 Å². The maximum atomic E-state index is 13.7. The summed E-state index contributed by atoms with van der Waals surface area (Å²) in [5, 5.41) is 0.823. The van der Waals surface area contributed by atoms with Gasteiger partial charge in [0.25, 0.3) is 0 Å². The highest BCUT2D eigenvalue weighted by atomic mass is 35.5. The summed E-state index contributed by atoms with van der Waals surface area (Å²) in [4.78, 5) is 0. The van der Waals surface area contributed by atoms with Gasteiger partial charge in [0.2, 0.25) is 0 Å². The van der Waals surface area contributed by atoms with E-state index >= 15 is 0 Å². The Bertz CT molecular complexity index is 542. The van der Waals surface area contributed by atoms with Crippen LogP contribution in [-0.2, 0) is 0 Å². The molecule has 0 amide bonds. The summed E-state index contributed by atoms with van der Waals surface area (Å²) in [6, 6.07) is 5.33. The SMILES string of the molecule is CC1=C(Cl)C=CC(C)C1C(C)c1cccc(F)c1C. The molecule has 3 unspecified atom stereocenters. The molecule has 0 saturated carbocycles. The van der Waals surface area contributed by atoms with Crippen LogP contribution < -0.4 is 0 Å². The van der Waals surface area contributed by atoms with Gasteiger partial charge in [0.15, 0.2) is 0 Å². The van der Waals surface area contributed by atoms with Crippen LogP contribution in [0, 0.1) is 24.6 Å². The van der Waals surface area contributed by atoms with Crippen molar-refractivity contribution in [3.8, 4) is 0 Å². The lowest BCUT2D eigenvalue weighted by Gasteiger charge is -2.33. The molecule has 0 heterocycles. The van der Waals surface area contributed by atoms with Gasteiger partial charge in [0.05, 0.1) is 0 Å². The molecular weight excluding hydrogens is 259 g/mol. The molecule has 0 bridgehead atoms. The highest BCUT2D eigenvalue weighted by Crippen LogP contribution is 2.41. The lowest BCUT2D eigenvalue weighted by molar-refractivity contribution is 0.409. The average molecular weight is 279 g/mol. The first-order valence-corrected chi connectivity index (χ1v) is 7.10. The zero-order valence-corrected chi connectivity index (χ0v) is 12.6. The van der Waals surface area contributed by atoms with Crippen molar-refractivity contribution in [1.82, 2.24) is 0 Å². The number of halogens is 2. The predicted molar refractivity (Wildman–Crippen MR) is 79.9 cm³/mol. The van der Waals surface area contributed by atoms with Crippen LogP contribution in [0.3, 0.4) is 0 Å². The Morgan fingerprint density at radius 1 is 1.26 bits per heavy atom. The van der Waals surface area contributed by atoms with Crippen molar-refractivity contribution in [3.63, 3.8) is 0 Å². The summed E-state index contributed by atoms with van der Waals surface area (Å²) in [6.07, 6.45) is 4.12. The van der Waals surface area contributed by atoms with E-state index in [0.717, 1.165) is 16.2 Å². The predicted octanol–water partition coefficient (Wildman–Crippen LogP) is 5.57. The molecule has 0 saturated heterocycles. The summed E-state index contributed by atoms with van der Waals surface area (Å²) in [7, 11) is 0. The monoisotopic (exact) mass is 278 g/mol. The van der Waals surface area contributed by atoms with Gasteiger partial charge < -0.3 is 0 Å². The Balaban J connectivity index is 2.41. The molecule has 1 aromatic rings. The number of hydrogen-bond acceptors (Lipinski definition) is 0. The molecular formula is C17H20ClF. The van der Waals surface area contributed by atoms with Gasteiger partial charge in [-0.05, 0) is 54.9 Å². The summed E-state index contributed by atoms with van der Waals surface area (Å²) >= 11 is 6.25. The van der Waals surface area contributed by atoms with Gasteiger partial charge in [0, 0.05) is 5.03 Å². The number of benzene rings is 1. The van der Waals surface area contributed by atoms with E-state index < -0.39 is 0 Å². The van der Waals surface area contributed by atoms with Crippen LogP contribution in [0.4, 0.5) is 4.39 Å². The molecule has 1 aromatic carbocycles. The summed E-state index contributed by atoms with van der Waals surface area (Å²) in [5.41, 5.74) is 3.03. The number of allylic oxidation sites excluding steroid dienone is 4. The highest BCUT2D eigenvalue weighted by Gasteiger charge is 2.29. The molecule has 3 atom stereocenters. The Morgan fingerprint density at radius 3 is 2.63 bits per heavy atom. The molecule has 0 aliphatic heterocycles. The van der Waals surface area contributed by atoms with Gasteiger partial charge in [-0.2, -0.15) is 0 Å². The second-order valence-electron chi connectivity index (χ2n) is 5.52. The standard InChI is InChI=1S/C17H20ClF/c1-10-8-9-15(18)13(4)17(10)12(3)14-6-5-7-16(19)11(14)2/h5-10,12,17H,1-4H3. The molecule has 0 radical (unpaired) electrons. The van der Waals surface area contributed by atoms with Gasteiger partial charge in [-0.15, -0.1) is 0 Å². The smallest absolute Gasteiger partial charge is 0.126 e. The Hall–Kier alpha value is -1.08. The van der Waals surface area contributed by atoms with E-state index in [-0.39, 0.29) is 11.7 Å². The lowest BCUT2D eigenvalue weighted by Crippen LogP contribution is -2.22. The maximum absolute atomic E-state index is 13.7. The first kappa shape index (κ1) is 14.3. The third-order valence-electron chi connectivity index (χ3n) is 4.33. The lowest BCUT2D eigenvalue weighted by atomic mass is 9.72. The van der Waals surface area contributed by atoms with Gasteiger partial charge in [-0.3, -0.25) is 0 Å². The highest BCUT2D eigenvalue weighted by molar-refractivity contribution is 6.31. The summed E-state index contributed by atoms with van der Waals surface area (Å²) < 4.78 is 13.7. The Morgan fingerprint density at radius 2 is 1.95 bits per heavy atom. The van der Waals surface area contributed by atoms with Gasteiger partial charge in [0.1, 0.15) is 5.82 Å². The molecule has 0 N–H and O–H groups in total. The summed E-state index contributed by atoms with van der Waals surface area (Å²) in [5.74, 6) is 0.874. The zero-order valence-electron chi connectivity index (χ0n) is 11.9. The second kappa shape index (κ2) is 5.50. The maximum Gasteiger partial charge on any atom is 0.126 e. The molecule has 1 aliphatic rings. The molecule has 2 heteroatoms. The fraction of sp³-hybridized carbons (Fsp3) is 0.412. The number of hydrogen-bond donors (Lipinski definition) is 0. The van der Waals surface area contributed by atoms with E-state index in [9.17, 15) is 4.39 Å². The minimum atomic E-state index is -0.129. The Kier molecular flexibility index (Phi) is 4.15. The van der Waals surface area contributed by atoms with Crippen LogP contribution in [0.25, 0.3) is 0 Å². The molecule has 0 fully saturated rings. The van der Waals surface area contributed by atoms with E-state index in [0.29, 0.717) is 11.8 Å². The first-order chi connectivity index (χ1) is 8.93. The van der Waals surface area contributed by atoms with Crippen molar-refractivity contribution in [2.24, 2.45) is 11.8 Å². The minimum Gasteiger partial charge on any atom is -0.207 e. The average Bonchev–Trinajstić information content (AvgIpc) is 2.37. The molecule has 0 aromatic heterocycles. The van der Waals surface area contributed by atoms with Crippen molar-refractivity contribution >= 4 is 11.6 Å². The van der Waals surface area contributed by atoms with Crippen LogP contribution in [0.15, 0.2) is 41.0 Å². The van der Waals surface area contributed by atoms with Crippen molar-refractivity contribution in [1.29, 1.82) is 0 Å². The van der Waals surface area contributed by atoms with Crippen LogP contribution >= 0.6 is 11.6 Å². The van der Waals surface area contributed by atoms with E-state index in [1.807, 2.05) is 19.1 Å². The van der Waals surface area contributed by atoms with E-state index in [1.54, 1.807) is 6.07 Å². The Labute approximate surface area is 120 Å². The topological polar surface area (TPSA) is 0 Å². The molecule has 102 valence electrons. The zero-order chi connectivity index (χ0) is 14.2. The second-order valence-corrected chi connectivity index (χ2v) is 5.92. The fourth-order valence-electron chi connectivity index (χ4n) is 3.18. The minimum absolute atomic E-state index is 0.129. The van der Waals surface area contributed by atoms with Crippen LogP contribution in [-0.4, -0.2) is 0 Å². The molecule has 0 nitrogen and oxygen atoms in total. The van der Waals surface area contributed by atoms with Crippen molar-refractivity contribution in [3.05, 3.63) is 57.9 Å². The third kappa shape index (κ3) is 2.62. The largest absolute Gasteiger partial charge is 0.207 e. The molecule has 19 heavy (non-hydrogen) atoms. The molecule has 2 rings (SSSR count). The molecule has 0 spiro atoms. The van der Waals surface area contributed by atoms with E-state index in [2.05, 4.69) is 26.8 Å². The van der Waals surface area contributed by atoms with Gasteiger partial charge >= 0.3 is 0 Å². The fourth-order valence-corrected chi connectivity index (χ4v) is 3.38. The van der Waals surface area contributed by atoms with Crippen LogP contribution in [0.1, 0.15) is 37.8 Å². The third-order valence-corrected chi connectivity index (χ3v) is 4.75. The summed E-state index contributed by atoms with van der Waals surface area (Å²) in [6.45, 7) is 8.29. The van der Waals surface area contributed by atoms with Crippen LogP contribution in [0.5, 0.6) is 0 Å². The normalized spacial score (nSPS) is 24.7.